The van der Waals surface area contributed by atoms with E-state index in [0.717, 1.165) is 5.56 Å². The molecule has 1 amide bonds. The summed E-state index contributed by atoms with van der Waals surface area (Å²) in [5.41, 5.74) is 2.46. The first kappa shape index (κ1) is 16.7. The van der Waals surface area contributed by atoms with Crippen LogP contribution in [0.25, 0.3) is 0 Å². The van der Waals surface area contributed by atoms with Gasteiger partial charge in [-0.15, -0.1) is 0 Å². The smallest absolute Gasteiger partial charge is 0.241 e. The number of nitrogens with zero attached hydrogens (tertiary/aromatic N) is 1. The Hall–Kier alpha value is -1.40. The Kier molecular flexibility index (Phi) is 5.30. The van der Waals surface area contributed by atoms with Crippen LogP contribution in [0.15, 0.2) is 17.0 Å². The first-order valence-electron chi connectivity index (χ1n) is 6.43. The topological polar surface area (TPSA) is 66.5 Å². The quantitative estimate of drug-likeness (QED) is 0.893. The summed E-state index contributed by atoms with van der Waals surface area (Å²) in [6.45, 7) is 5.59. The van der Waals surface area contributed by atoms with Gasteiger partial charge in [0.2, 0.25) is 15.9 Å². The van der Waals surface area contributed by atoms with Gasteiger partial charge >= 0.3 is 0 Å². The van der Waals surface area contributed by atoms with Crippen LogP contribution in [0.1, 0.15) is 23.1 Å². The first-order chi connectivity index (χ1) is 9.15. The van der Waals surface area contributed by atoms with Gasteiger partial charge < -0.3 is 4.90 Å². The van der Waals surface area contributed by atoms with Gasteiger partial charge in [-0.1, -0.05) is 17.7 Å². The Balaban J connectivity index is 2.88. The molecule has 1 rings (SSSR count). The zero-order chi connectivity index (χ0) is 15.5. The molecule has 0 bridgehead atoms. The van der Waals surface area contributed by atoms with Crippen LogP contribution < -0.4 is 4.72 Å². The average Bonchev–Trinajstić information content (AvgIpc) is 2.26. The molecule has 112 valence electrons. The summed E-state index contributed by atoms with van der Waals surface area (Å²) in [7, 11) is -0.293. The van der Waals surface area contributed by atoms with Crippen molar-refractivity contribution in [3.63, 3.8) is 0 Å². The Morgan fingerprint density at radius 2 is 1.65 bits per heavy atom. The zero-order valence-corrected chi connectivity index (χ0v) is 13.5. The molecule has 0 saturated carbocycles. The summed E-state index contributed by atoms with van der Waals surface area (Å²) in [5, 5.41) is 0. The Morgan fingerprint density at radius 1 is 1.15 bits per heavy atom. The summed E-state index contributed by atoms with van der Waals surface area (Å²) in [6, 6.07) is 3.68. The molecule has 0 spiro atoms. The van der Waals surface area contributed by atoms with Crippen molar-refractivity contribution in [1.82, 2.24) is 9.62 Å². The van der Waals surface area contributed by atoms with Crippen LogP contribution in [0.2, 0.25) is 0 Å². The highest BCUT2D eigenvalue weighted by atomic mass is 32.2. The van der Waals surface area contributed by atoms with E-state index in [9.17, 15) is 13.2 Å². The van der Waals surface area contributed by atoms with E-state index < -0.39 is 10.0 Å². The maximum atomic E-state index is 12.3. The molecule has 5 nitrogen and oxygen atoms in total. The molecule has 0 heterocycles. The van der Waals surface area contributed by atoms with Gasteiger partial charge in [0.15, 0.2) is 0 Å². The zero-order valence-electron chi connectivity index (χ0n) is 12.6. The van der Waals surface area contributed by atoms with Crippen molar-refractivity contribution in [2.75, 3.05) is 20.6 Å². The number of benzene rings is 1. The second-order valence-corrected chi connectivity index (χ2v) is 6.87. The first-order valence-corrected chi connectivity index (χ1v) is 7.91. The lowest BCUT2D eigenvalue weighted by Crippen LogP contribution is -2.31. The minimum Gasteiger partial charge on any atom is -0.349 e. The number of carbonyl (C=O) groups is 1. The van der Waals surface area contributed by atoms with E-state index in [2.05, 4.69) is 4.72 Å². The molecule has 0 aliphatic rings. The third-order valence-corrected chi connectivity index (χ3v) is 4.77. The lowest BCUT2D eigenvalue weighted by molar-refractivity contribution is -0.128. The Labute approximate surface area is 121 Å². The van der Waals surface area contributed by atoms with Crippen LogP contribution in [0.3, 0.4) is 0 Å². The molecule has 1 aromatic carbocycles. The second-order valence-electron chi connectivity index (χ2n) is 5.16. The fourth-order valence-electron chi connectivity index (χ4n) is 2.18. The van der Waals surface area contributed by atoms with Gasteiger partial charge in [-0.2, -0.15) is 0 Å². The average molecular weight is 298 g/mol. The molecular weight excluding hydrogens is 276 g/mol. The fourth-order valence-corrected chi connectivity index (χ4v) is 3.66. The largest absolute Gasteiger partial charge is 0.349 e. The maximum Gasteiger partial charge on any atom is 0.241 e. The SMILES string of the molecule is Cc1cc(C)c(S(=O)(=O)NCCC(=O)N(C)C)c(C)c1. The minimum absolute atomic E-state index is 0.103. The molecule has 0 fully saturated rings. The van der Waals surface area contributed by atoms with Crippen molar-refractivity contribution in [3.8, 4) is 0 Å². The van der Waals surface area contributed by atoms with Gasteiger partial charge in [0.25, 0.3) is 0 Å². The standard InChI is InChI=1S/C14H22N2O3S/c1-10-8-11(2)14(12(3)9-10)20(18,19)15-7-6-13(17)16(4)5/h8-9,15H,6-7H2,1-5H3. The van der Waals surface area contributed by atoms with Crippen LogP contribution >= 0.6 is 0 Å². The van der Waals surface area contributed by atoms with Gasteiger partial charge in [0.05, 0.1) is 4.90 Å². The molecule has 0 aliphatic heterocycles. The predicted octanol–water partition coefficient (Wildman–Crippen LogP) is 1.37. The number of sulfonamides is 1. The van der Waals surface area contributed by atoms with Crippen molar-refractivity contribution in [1.29, 1.82) is 0 Å². The van der Waals surface area contributed by atoms with E-state index in [0.29, 0.717) is 16.0 Å². The summed E-state index contributed by atoms with van der Waals surface area (Å²) >= 11 is 0. The molecule has 0 radical (unpaired) electrons. The molecule has 1 aromatic rings. The van der Waals surface area contributed by atoms with Crippen molar-refractivity contribution >= 4 is 15.9 Å². The molecule has 0 aromatic heterocycles. The number of hydrogen-bond acceptors (Lipinski definition) is 3. The van der Waals surface area contributed by atoms with E-state index in [1.54, 1.807) is 27.9 Å². The predicted molar refractivity (Wildman–Crippen MR) is 79.2 cm³/mol. The number of rotatable bonds is 5. The van der Waals surface area contributed by atoms with Crippen LogP contribution in [0, 0.1) is 20.8 Å². The minimum atomic E-state index is -3.58. The van der Waals surface area contributed by atoms with Gasteiger partial charge in [0, 0.05) is 27.1 Å². The highest BCUT2D eigenvalue weighted by Gasteiger charge is 2.19. The van der Waals surface area contributed by atoms with Gasteiger partial charge in [-0.25, -0.2) is 13.1 Å². The van der Waals surface area contributed by atoms with Crippen LogP contribution in [0.4, 0.5) is 0 Å². The summed E-state index contributed by atoms with van der Waals surface area (Å²) in [5.74, 6) is -0.106. The molecule has 20 heavy (non-hydrogen) atoms. The highest BCUT2D eigenvalue weighted by molar-refractivity contribution is 7.89. The normalized spacial score (nSPS) is 11.4. The van der Waals surface area contributed by atoms with E-state index in [4.69, 9.17) is 0 Å². The van der Waals surface area contributed by atoms with Crippen LogP contribution in [0.5, 0.6) is 0 Å². The number of amides is 1. The van der Waals surface area contributed by atoms with Crippen molar-refractivity contribution in [2.24, 2.45) is 0 Å². The van der Waals surface area contributed by atoms with Crippen LogP contribution in [-0.4, -0.2) is 39.9 Å². The summed E-state index contributed by atoms with van der Waals surface area (Å²) in [4.78, 5) is 13.2. The van der Waals surface area contributed by atoms with Crippen molar-refractivity contribution in [3.05, 3.63) is 28.8 Å². The van der Waals surface area contributed by atoms with Crippen LogP contribution in [-0.2, 0) is 14.8 Å². The van der Waals surface area contributed by atoms with E-state index in [1.807, 2.05) is 19.1 Å². The van der Waals surface area contributed by atoms with E-state index in [-0.39, 0.29) is 18.9 Å². The Morgan fingerprint density at radius 3 is 2.10 bits per heavy atom. The number of nitrogens with one attached hydrogen (secondary N) is 1. The summed E-state index contributed by atoms with van der Waals surface area (Å²) < 4.78 is 27.1. The van der Waals surface area contributed by atoms with Gasteiger partial charge in [-0.05, 0) is 31.9 Å². The lowest BCUT2D eigenvalue weighted by Gasteiger charge is -2.14. The molecule has 0 aliphatic carbocycles. The monoisotopic (exact) mass is 298 g/mol. The van der Waals surface area contributed by atoms with Crippen molar-refractivity contribution < 1.29 is 13.2 Å². The highest BCUT2D eigenvalue weighted by Crippen LogP contribution is 2.21. The molecule has 6 heteroatoms. The van der Waals surface area contributed by atoms with Gasteiger partial charge in [0.1, 0.15) is 0 Å². The number of carbonyl (C=O) groups excluding carboxylic acids is 1. The van der Waals surface area contributed by atoms with E-state index in [1.165, 1.54) is 4.90 Å². The molecule has 1 N–H and O–H groups in total. The van der Waals surface area contributed by atoms with E-state index >= 15 is 0 Å². The molecular formula is C14H22N2O3S. The number of aryl methyl sites for hydroxylation is 3. The third-order valence-electron chi connectivity index (χ3n) is 3.00. The number of hydrogen-bond donors (Lipinski definition) is 1. The molecule has 0 atom stereocenters. The molecule has 0 saturated heterocycles. The fraction of sp³-hybridized carbons (Fsp3) is 0.500. The summed E-state index contributed by atoms with van der Waals surface area (Å²) in [6.07, 6.45) is 0.149. The lowest BCUT2D eigenvalue weighted by atomic mass is 10.1. The second kappa shape index (κ2) is 6.37. The molecule has 0 unspecified atom stereocenters. The van der Waals surface area contributed by atoms with Gasteiger partial charge in [-0.3, -0.25) is 4.79 Å². The van der Waals surface area contributed by atoms with Crippen molar-refractivity contribution in [2.45, 2.75) is 32.1 Å². The maximum absolute atomic E-state index is 12.3. The Bertz CT molecular complexity index is 584. The third kappa shape index (κ3) is 4.05.